The smallest absolute Gasteiger partial charge is 0.338 e. The number of nitrogens with one attached hydrogen (secondary N) is 2. The number of rotatable bonds is 5. The molecule has 0 fully saturated rings. The second-order valence-electron chi connectivity index (χ2n) is 5.56. The van der Waals surface area contributed by atoms with Gasteiger partial charge >= 0.3 is 5.97 Å². The maximum atomic E-state index is 12.2. The maximum Gasteiger partial charge on any atom is 0.338 e. The van der Waals surface area contributed by atoms with Crippen LogP contribution in [-0.4, -0.2) is 29.3 Å². The number of hydrogen-bond acceptors (Lipinski definition) is 7. The number of aromatic amines is 1. The molecular formula is C20H15N5O3. The van der Waals surface area contributed by atoms with Crippen LogP contribution < -0.4 is 11.0 Å². The molecule has 0 amide bonds. The predicted molar refractivity (Wildman–Crippen MR) is 104 cm³/mol. The number of esters is 1. The zero-order valence-corrected chi connectivity index (χ0v) is 14.8. The Morgan fingerprint density at radius 1 is 1.21 bits per heavy atom. The SMILES string of the molecule is COC(=O)c1ccccc1C=NNc1nc(-c2ccccc2)c(C#N)c(=O)[nH]1. The number of methoxy groups -OCH3 is 1. The van der Waals surface area contributed by atoms with Gasteiger partial charge in [0.2, 0.25) is 5.95 Å². The van der Waals surface area contributed by atoms with Crippen LogP contribution in [0.1, 0.15) is 21.5 Å². The van der Waals surface area contributed by atoms with Crippen molar-refractivity contribution < 1.29 is 9.53 Å². The summed E-state index contributed by atoms with van der Waals surface area (Å²) in [6.07, 6.45) is 1.41. The van der Waals surface area contributed by atoms with Crippen LogP contribution in [0.3, 0.4) is 0 Å². The third-order valence-corrected chi connectivity index (χ3v) is 3.82. The Kier molecular flexibility index (Phi) is 5.58. The van der Waals surface area contributed by atoms with Crippen LogP contribution in [0.15, 0.2) is 64.5 Å². The van der Waals surface area contributed by atoms with Gasteiger partial charge < -0.3 is 4.74 Å². The average molecular weight is 373 g/mol. The van der Waals surface area contributed by atoms with E-state index in [2.05, 4.69) is 20.5 Å². The van der Waals surface area contributed by atoms with Gasteiger partial charge in [-0.1, -0.05) is 48.5 Å². The van der Waals surface area contributed by atoms with Crippen LogP contribution in [0.4, 0.5) is 5.95 Å². The van der Waals surface area contributed by atoms with Crippen molar-refractivity contribution in [3.8, 4) is 17.3 Å². The lowest BCUT2D eigenvalue weighted by molar-refractivity contribution is 0.0600. The van der Waals surface area contributed by atoms with Gasteiger partial charge in [-0.05, 0) is 6.07 Å². The lowest BCUT2D eigenvalue weighted by Gasteiger charge is -2.06. The highest BCUT2D eigenvalue weighted by Gasteiger charge is 2.13. The van der Waals surface area contributed by atoms with Gasteiger partial charge in [-0.25, -0.2) is 15.2 Å². The summed E-state index contributed by atoms with van der Waals surface area (Å²) >= 11 is 0. The zero-order valence-electron chi connectivity index (χ0n) is 14.8. The van der Waals surface area contributed by atoms with E-state index in [0.29, 0.717) is 16.7 Å². The van der Waals surface area contributed by atoms with E-state index >= 15 is 0 Å². The second kappa shape index (κ2) is 8.42. The van der Waals surface area contributed by atoms with E-state index in [1.165, 1.54) is 13.3 Å². The summed E-state index contributed by atoms with van der Waals surface area (Å²) in [6.45, 7) is 0. The number of ether oxygens (including phenoxy) is 1. The van der Waals surface area contributed by atoms with Crippen molar-refractivity contribution in [3.63, 3.8) is 0 Å². The van der Waals surface area contributed by atoms with Gasteiger partial charge in [0, 0.05) is 11.1 Å². The fraction of sp³-hybridized carbons (Fsp3) is 0.0500. The van der Waals surface area contributed by atoms with Crippen molar-refractivity contribution in [1.82, 2.24) is 9.97 Å². The Morgan fingerprint density at radius 3 is 2.64 bits per heavy atom. The number of carbonyl (C=O) groups is 1. The summed E-state index contributed by atoms with van der Waals surface area (Å²) in [7, 11) is 1.30. The molecule has 0 saturated carbocycles. The van der Waals surface area contributed by atoms with Crippen molar-refractivity contribution in [1.29, 1.82) is 5.26 Å². The van der Waals surface area contributed by atoms with E-state index in [-0.39, 0.29) is 17.2 Å². The third kappa shape index (κ3) is 3.94. The van der Waals surface area contributed by atoms with Crippen LogP contribution in [0.2, 0.25) is 0 Å². The Bertz CT molecular complexity index is 1130. The number of benzene rings is 2. The van der Waals surface area contributed by atoms with E-state index in [4.69, 9.17) is 4.74 Å². The van der Waals surface area contributed by atoms with Crippen LogP contribution in [0.25, 0.3) is 11.3 Å². The van der Waals surface area contributed by atoms with E-state index in [0.717, 1.165) is 0 Å². The van der Waals surface area contributed by atoms with E-state index in [1.54, 1.807) is 48.5 Å². The molecule has 0 aliphatic carbocycles. The number of hydrazone groups is 1. The fourth-order valence-electron chi connectivity index (χ4n) is 2.50. The number of carbonyl (C=O) groups excluding carboxylic acids is 1. The van der Waals surface area contributed by atoms with Crippen LogP contribution in [-0.2, 0) is 4.74 Å². The van der Waals surface area contributed by atoms with Crippen LogP contribution in [0, 0.1) is 11.3 Å². The highest BCUT2D eigenvalue weighted by atomic mass is 16.5. The molecule has 2 aromatic carbocycles. The van der Waals surface area contributed by atoms with E-state index in [9.17, 15) is 14.9 Å². The molecule has 8 heteroatoms. The predicted octanol–water partition coefficient (Wildman–Crippen LogP) is 2.54. The molecule has 0 unspecified atom stereocenters. The molecule has 3 aromatic rings. The number of H-pyrrole nitrogens is 1. The van der Waals surface area contributed by atoms with Crippen molar-refractivity contribution in [3.05, 3.63) is 81.6 Å². The molecule has 2 N–H and O–H groups in total. The Balaban J connectivity index is 1.92. The monoisotopic (exact) mass is 373 g/mol. The molecule has 1 aromatic heterocycles. The number of anilines is 1. The van der Waals surface area contributed by atoms with Crippen molar-refractivity contribution in [2.75, 3.05) is 12.5 Å². The molecule has 0 spiro atoms. The molecule has 138 valence electrons. The highest BCUT2D eigenvalue weighted by Crippen LogP contribution is 2.19. The Morgan fingerprint density at radius 2 is 1.93 bits per heavy atom. The molecule has 3 rings (SSSR count). The summed E-state index contributed by atoms with van der Waals surface area (Å²) in [4.78, 5) is 30.8. The molecule has 0 aliphatic heterocycles. The number of hydrogen-bond donors (Lipinski definition) is 2. The maximum absolute atomic E-state index is 12.2. The minimum atomic E-state index is -0.580. The number of nitriles is 1. The zero-order chi connectivity index (χ0) is 19.9. The van der Waals surface area contributed by atoms with Gasteiger partial charge in [0.1, 0.15) is 11.6 Å². The van der Waals surface area contributed by atoms with Gasteiger partial charge in [0.25, 0.3) is 5.56 Å². The molecule has 0 aliphatic rings. The van der Waals surface area contributed by atoms with Crippen LogP contribution >= 0.6 is 0 Å². The Labute approximate surface area is 160 Å². The summed E-state index contributed by atoms with van der Waals surface area (Å²) in [5, 5.41) is 13.3. The summed E-state index contributed by atoms with van der Waals surface area (Å²) < 4.78 is 4.74. The minimum absolute atomic E-state index is 0.0645. The third-order valence-electron chi connectivity index (χ3n) is 3.82. The molecule has 1 heterocycles. The van der Waals surface area contributed by atoms with Crippen molar-refractivity contribution in [2.45, 2.75) is 0 Å². The fourth-order valence-corrected chi connectivity index (χ4v) is 2.50. The second-order valence-corrected chi connectivity index (χ2v) is 5.56. The first-order valence-electron chi connectivity index (χ1n) is 8.20. The molecule has 28 heavy (non-hydrogen) atoms. The van der Waals surface area contributed by atoms with Gasteiger partial charge in [-0.3, -0.25) is 9.78 Å². The van der Waals surface area contributed by atoms with Gasteiger partial charge in [0.05, 0.1) is 24.6 Å². The molecule has 0 saturated heterocycles. The van der Waals surface area contributed by atoms with E-state index in [1.807, 2.05) is 12.1 Å². The molecule has 0 bridgehead atoms. The first kappa shape index (κ1) is 18.5. The topological polar surface area (TPSA) is 120 Å². The number of aromatic nitrogens is 2. The van der Waals surface area contributed by atoms with Crippen molar-refractivity contribution in [2.24, 2.45) is 5.10 Å². The highest BCUT2D eigenvalue weighted by molar-refractivity contribution is 5.99. The average Bonchev–Trinajstić information content (AvgIpc) is 2.74. The normalized spacial score (nSPS) is 10.4. The molecule has 0 radical (unpaired) electrons. The largest absolute Gasteiger partial charge is 0.465 e. The summed E-state index contributed by atoms with van der Waals surface area (Å²) in [6, 6.07) is 17.5. The lowest BCUT2D eigenvalue weighted by atomic mass is 10.1. The lowest BCUT2D eigenvalue weighted by Crippen LogP contribution is -2.16. The van der Waals surface area contributed by atoms with Crippen molar-refractivity contribution >= 4 is 18.1 Å². The quantitative estimate of drug-likeness (QED) is 0.403. The van der Waals surface area contributed by atoms with E-state index < -0.39 is 11.5 Å². The standard InChI is InChI=1S/C20H15N5O3/c1-28-19(27)15-10-6-5-9-14(15)12-22-25-20-23-17(13-7-3-2-4-8-13)16(11-21)18(26)24-20/h2-10,12H,1H3,(H2,23,24,25,26). The minimum Gasteiger partial charge on any atom is -0.465 e. The molecule has 0 atom stereocenters. The summed E-state index contributed by atoms with van der Waals surface area (Å²) in [5.74, 6) is -0.423. The summed E-state index contributed by atoms with van der Waals surface area (Å²) in [5.41, 5.74) is 3.71. The first-order valence-corrected chi connectivity index (χ1v) is 8.20. The Hall–Kier alpha value is -4.25. The van der Waals surface area contributed by atoms with Gasteiger partial charge in [0.15, 0.2) is 0 Å². The van der Waals surface area contributed by atoms with Crippen LogP contribution in [0.5, 0.6) is 0 Å². The number of nitrogens with zero attached hydrogens (tertiary/aromatic N) is 3. The first-order chi connectivity index (χ1) is 13.6. The van der Waals surface area contributed by atoms with Gasteiger partial charge in [-0.15, -0.1) is 0 Å². The molecule has 8 nitrogen and oxygen atoms in total. The van der Waals surface area contributed by atoms with Gasteiger partial charge in [-0.2, -0.15) is 10.4 Å². The molecular weight excluding hydrogens is 358 g/mol.